The van der Waals surface area contributed by atoms with Gasteiger partial charge in [-0.3, -0.25) is 14.4 Å². The number of carbonyl (C=O) groups is 6. The Morgan fingerprint density at radius 2 is 1.04 bits per heavy atom. The molecule has 12 nitrogen and oxygen atoms in total. The average Bonchev–Trinajstić information content (AvgIpc) is 2.99. The van der Waals surface area contributed by atoms with E-state index in [1.807, 2.05) is 0 Å². The molecule has 0 aromatic heterocycles. The number of hydrogen-bond acceptors (Lipinski definition) is 12. The van der Waals surface area contributed by atoms with Crippen molar-refractivity contribution >= 4 is 35.6 Å². The topological polar surface area (TPSA) is 158 Å². The molecular formula is C34H50O12. The molecule has 1 fully saturated rings. The van der Waals surface area contributed by atoms with Crippen LogP contribution in [0.5, 0.6) is 0 Å². The maximum atomic E-state index is 13.0. The number of Topliss-reactive ketones (excluding diaryl/α,β-unsaturated/α-hetero) is 1. The van der Waals surface area contributed by atoms with Crippen LogP contribution in [0.15, 0.2) is 36.5 Å². The second kappa shape index (κ2) is 21.9. The van der Waals surface area contributed by atoms with Gasteiger partial charge < -0.3 is 28.4 Å². The molecule has 0 bridgehead atoms. The predicted octanol–water partition coefficient (Wildman–Crippen LogP) is 4.67. The molecule has 1 aliphatic rings. The van der Waals surface area contributed by atoms with E-state index in [2.05, 4.69) is 19.7 Å². The maximum Gasteiger partial charge on any atom is 0.333 e. The number of carbonyl (C=O) groups excluding carboxylic acids is 6. The summed E-state index contributed by atoms with van der Waals surface area (Å²) in [5.74, 6) is -3.27. The number of ketones is 1. The van der Waals surface area contributed by atoms with Crippen molar-refractivity contribution < 1.29 is 57.2 Å². The van der Waals surface area contributed by atoms with Gasteiger partial charge in [-0.1, -0.05) is 19.7 Å². The highest BCUT2D eigenvalue weighted by Gasteiger charge is 2.43. The van der Waals surface area contributed by atoms with Crippen molar-refractivity contribution in [1.82, 2.24) is 0 Å². The lowest BCUT2D eigenvalue weighted by Gasteiger charge is -2.40. The lowest BCUT2D eigenvalue weighted by Crippen LogP contribution is -2.52. The summed E-state index contributed by atoms with van der Waals surface area (Å²) in [6.07, 6.45) is 0.728. The highest BCUT2D eigenvalue weighted by molar-refractivity contribution is 5.87. The van der Waals surface area contributed by atoms with Crippen LogP contribution in [-0.4, -0.2) is 80.4 Å². The summed E-state index contributed by atoms with van der Waals surface area (Å²) < 4.78 is 32.5. The van der Waals surface area contributed by atoms with Gasteiger partial charge in [-0.15, -0.1) is 0 Å². The molecule has 4 atom stereocenters. The number of unbranched alkanes of at least 4 members (excludes halogenated alkanes) is 3. The van der Waals surface area contributed by atoms with Gasteiger partial charge >= 0.3 is 29.8 Å². The smallest absolute Gasteiger partial charge is 0.333 e. The van der Waals surface area contributed by atoms with Gasteiger partial charge in [0.2, 0.25) is 0 Å². The van der Waals surface area contributed by atoms with Crippen molar-refractivity contribution in [2.45, 2.75) is 110 Å². The number of ether oxygens (including phenoxy) is 6. The van der Waals surface area contributed by atoms with Gasteiger partial charge in [0, 0.05) is 48.3 Å². The summed E-state index contributed by atoms with van der Waals surface area (Å²) >= 11 is 0. The van der Waals surface area contributed by atoms with Crippen molar-refractivity contribution in [2.75, 3.05) is 26.4 Å². The minimum Gasteiger partial charge on any atom is -0.462 e. The lowest BCUT2D eigenvalue weighted by molar-refractivity contribution is -0.200. The van der Waals surface area contributed by atoms with Gasteiger partial charge in [0.15, 0.2) is 0 Å². The van der Waals surface area contributed by atoms with Crippen LogP contribution in [0.1, 0.15) is 91.9 Å². The van der Waals surface area contributed by atoms with Crippen molar-refractivity contribution in [3.8, 4) is 0 Å². The molecule has 46 heavy (non-hydrogen) atoms. The molecule has 0 radical (unpaired) electrons. The third-order valence-electron chi connectivity index (χ3n) is 7.04. The van der Waals surface area contributed by atoms with Gasteiger partial charge in [0.05, 0.1) is 32.5 Å². The second-order valence-corrected chi connectivity index (χ2v) is 11.5. The van der Waals surface area contributed by atoms with Crippen LogP contribution >= 0.6 is 0 Å². The molecule has 1 unspecified atom stereocenters. The maximum absolute atomic E-state index is 13.0. The zero-order chi connectivity index (χ0) is 34.6. The molecule has 0 spiro atoms. The minimum atomic E-state index is -0.845. The van der Waals surface area contributed by atoms with Crippen molar-refractivity contribution in [3.05, 3.63) is 36.5 Å². The lowest BCUT2D eigenvalue weighted by atomic mass is 9.85. The third-order valence-corrected chi connectivity index (χ3v) is 7.04. The fraction of sp³-hybridized carbons (Fsp3) is 0.647. The van der Waals surface area contributed by atoms with E-state index in [0.29, 0.717) is 44.1 Å². The molecule has 1 saturated heterocycles. The Kier molecular flexibility index (Phi) is 19.1. The third kappa shape index (κ3) is 16.5. The quantitative estimate of drug-likeness (QED) is 0.0691. The Hall–Kier alpha value is -3.80. The van der Waals surface area contributed by atoms with E-state index in [1.54, 1.807) is 27.7 Å². The zero-order valence-electron chi connectivity index (χ0n) is 27.7. The van der Waals surface area contributed by atoms with E-state index < -0.39 is 54.1 Å². The fourth-order valence-electron chi connectivity index (χ4n) is 4.41. The van der Waals surface area contributed by atoms with E-state index in [0.717, 1.165) is 0 Å². The molecular weight excluding hydrogens is 600 g/mol. The van der Waals surface area contributed by atoms with Crippen LogP contribution in [0.2, 0.25) is 0 Å². The summed E-state index contributed by atoms with van der Waals surface area (Å²) in [5.41, 5.74) is 0.872. The van der Waals surface area contributed by atoms with E-state index in [4.69, 9.17) is 28.4 Å². The molecule has 0 saturated carbocycles. The van der Waals surface area contributed by atoms with Gasteiger partial charge in [-0.05, 0) is 66.2 Å². The van der Waals surface area contributed by atoms with Crippen LogP contribution in [0.4, 0.5) is 0 Å². The van der Waals surface area contributed by atoms with Gasteiger partial charge in [0.25, 0.3) is 0 Å². The largest absolute Gasteiger partial charge is 0.462 e. The summed E-state index contributed by atoms with van der Waals surface area (Å²) in [4.78, 5) is 73.1. The van der Waals surface area contributed by atoms with Crippen molar-refractivity contribution in [3.63, 3.8) is 0 Å². The Bertz CT molecular complexity index is 1110. The van der Waals surface area contributed by atoms with Crippen LogP contribution < -0.4 is 0 Å². The predicted molar refractivity (Wildman–Crippen MR) is 167 cm³/mol. The molecule has 1 aliphatic heterocycles. The molecule has 0 N–H and O–H groups in total. The fourth-order valence-corrected chi connectivity index (χ4v) is 4.41. The second-order valence-electron chi connectivity index (χ2n) is 11.5. The first kappa shape index (κ1) is 40.2. The average molecular weight is 651 g/mol. The molecule has 0 aromatic carbocycles. The van der Waals surface area contributed by atoms with Crippen LogP contribution in [-0.2, 0) is 57.2 Å². The highest BCUT2D eigenvalue weighted by Crippen LogP contribution is 2.31. The first-order valence-corrected chi connectivity index (χ1v) is 15.7. The Balaban J connectivity index is 2.78. The molecule has 1 rings (SSSR count). The summed E-state index contributed by atoms with van der Waals surface area (Å²) in [6.45, 7) is 17.4. The van der Waals surface area contributed by atoms with E-state index in [-0.39, 0.29) is 69.0 Å². The first-order chi connectivity index (χ1) is 21.7. The van der Waals surface area contributed by atoms with Crippen LogP contribution in [0, 0.1) is 5.92 Å². The number of hydrogen-bond donors (Lipinski definition) is 0. The molecule has 258 valence electrons. The minimum absolute atomic E-state index is 0.0111. The van der Waals surface area contributed by atoms with Gasteiger partial charge in [-0.25, -0.2) is 14.4 Å². The van der Waals surface area contributed by atoms with E-state index in [1.165, 1.54) is 0 Å². The van der Waals surface area contributed by atoms with E-state index >= 15 is 0 Å². The molecule has 0 aliphatic carbocycles. The van der Waals surface area contributed by atoms with Crippen molar-refractivity contribution in [2.24, 2.45) is 5.92 Å². The van der Waals surface area contributed by atoms with Crippen LogP contribution in [0.25, 0.3) is 0 Å². The molecule has 0 aromatic rings. The Labute approximate surface area is 271 Å². The molecule has 12 heteroatoms. The number of rotatable bonds is 22. The van der Waals surface area contributed by atoms with Gasteiger partial charge in [0.1, 0.15) is 18.0 Å². The number of esters is 5. The van der Waals surface area contributed by atoms with E-state index in [9.17, 15) is 28.8 Å². The van der Waals surface area contributed by atoms with Crippen LogP contribution in [0.3, 0.4) is 0 Å². The molecule has 1 heterocycles. The first-order valence-electron chi connectivity index (χ1n) is 15.7. The SMILES string of the molecule is C=C(C)C(=O)OCCCCC(=O)C[C@H]1[C@H](OC(=O)CCCCOC(=O)C(=C)C)COC(C)[C@@H]1OC(=O)CCCCOC(=O)C(=C)C. The summed E-state index contributed by atoms with van der Waals surface area (Å²) in [5, 5.41) is 0. The Morgan fingerprint density at radius 3 is 1.48 bits per heavy atom. The summed E-state index contributed by atoms with van der Waals surface area (Å²) in [7, 11) is 0. The standard InChI is InChI=1S/C34H50O12/c1-22(2)32(38)41-17-11-8-14-26(35)20-27-28(45-29(36)15-9-12-18-42-33(39)23(3)4)21-44-25(7)31(27)46-30(37)16-10-13-19-43-34(40)24(5)6/h25,27-28,31H,1,3,5,8-21H2,2,4,6-7H3/t25?,27-,28+,31-/m0/s1. The van der Waals surface area contributed by atoms with Gasteiger partial charge in [-0.2, -0.15) is 0 Å². The Morgan fingerprint density at radius 1 is 0.630 bits per heavy atom. The molecule has 0 amide bonds. The summed E-state index contributed by atoms with van der Waals surface area (Å²) in [6, 6.07) is 0. The monoisotopic (exact) mass is 650 g/mol. The normalized spacial score (nSPS) is 18.9. The zero-order valence-corrected chi connectivity index (χ0v) is 27.7. The van der Waals surface area contributed by atoms with Crippen molar-refractivity contribution in [1.29, 1.82) is 0 Å². The highest BCUT2D eigenvalue weighted by atomic mass is 16.6.